The molecule has 0 unspecified atom stereocenters. The smallest absolute Gasteiger partial charge is 0.254 e. The van der Waals surface area contributed by atoms with Crippen molar-refractivity contribution in [3.8, 4) is 11.8 Å². The lowest BCUT2D eigenvalue weighted by Gasteiger charge is -2.29. The van der Waals surface area contributed by atoms with Gasteiger partial charge in [0.25, 0.3) is 5.91 Å². The summed E-state index contributed by atoms with van der Waals surface area (Å²) in [6.07, 6.45) is 0. The first-order valence-corrected chi connectivity index (χ1v) is 13.1. The van der Waals surface area contributed by atoms with E-state index in [0.717, 1.165) is 10.4 Å². The number of amides is 1. The van der Waals surface area contributed by atoms with Gasteiger partial charge in [0.05, 0.1) is 41.1 Å². The van der Waals surface area contributed by atoms with Crippen LogP contribution in [0.5, 0.6) is 5.75 Å². The van der Waals surface area contributed by atoms with Gasteiger partial charge in [0.2, 0.25) is 0 Å². The number of ether oxygens (including phenoxy) is 1. The fourth-order valence-corrected chi connectivity index (χ4v) is 5.80. The average Bonchev–Trinajstić information content (AvgIpc) is 3.42. The van der Waals surface area contributed by atoms with E-state index in [1.807, 2.05) is 67.8 Å². The highest BCUT2D eigenvalue weighted by Crippen LogP contribution is 2.42. The Kier molecular flexibility index (Phi) is 7.93. The Morgan fingerprint density at radius 2 is 1.86 bits per heavy atom. The van der Waals surface area contributed by atoms with Crippen LogP contribution in [0.25, 0.3) is 0 Å². The van der Waals surface area contributed by atoms with E-state index in [2.05, 4.69) is 16.7 Å². The Morgan fingerprint density at radius 3 is 2.53 bits per heavy atom. The van der Waals surface area contributed by atoms with Crippen LogP contribution in [0.3, 0.4) is 0 Å². The molecule has 0 bridgehead atoms. The van der Waals surface area contributed by atoms with Gasteiger partial charge in [-0.1, -0.05) is 59.8 Å². The number of dihydropyridines is 1. The molecule has 1 aliphatic rings. The molecule has 0 saturated heterocycles. The molecule has 8 heteroatoms. The molecular weight excluding hydrogens is 490 g/mol. The molecule has 0 saturated carbocycles. The van der Waals surface area contributed by atoms with Crippen LogP contribution in [-0.2, 0) is 4.79 Å². The van der Waals surface area contributed by atoms with Crippen molar-refractivity contribution < 1.29 is 14.3 Å². The zero-order valence-corrected chi connectivity index (χ0v) is 21.8. The molecule has 1 amide bonds. The number of nitrogens with zero attached hydrogens (tertiary/aromatic N) is 1. The van der Waals surface area contributed by atoms with E-state index in [-0.39, 0.29) is 17.4 Å². The van der Waals surface area contributed by atoms with Crippen molar-refractivity contribution in [2.24, 2.45) is 0 Å². The van der Waals surface area contributed by atoms with Crippen LogP contribution < -0.4 is 15.4 Å². The van der Waals surface area contributed by atoms with Gasteiger partial charge in [-0.2, -0.15) is 5.26 Å². The molecule has 2 heterocycles. The lowest BCUT2D eigenvalue weighted by Crippen LogP contribution is -2.30. The number of para-hydroxylation sites is 2. The Labute approximate surface area is 218 Å². The summed E-state index contributed by atoms with van der Waals surface area (Å²) in [4.78, 5) is 27.2. The molecule has 4 rings (SSSR count). The first kappa shape index (κ1) is 25.3. The predicted octanol–water partition coefficient (Wildman–Crippen LogP) is 6.02. The van der Waals surface area contributed by atoms with Crippen LogP contribution >= 0.6 is 23.1 Å². The summed E-state index contributed by atoms with van der Waals surface area (Å²) in [6, 6.07) is 20.7. The number of methoxy groups -OCH3 is 1. The van der Waals surface area contributed by atoms with Crippen LogP contribution in [0.15, 0.2) is 87.9 Å². The van der Waals surface area contributed by atoms with Crippen molar-refractivity contribution in [1.29, 1.82) is 5.26 Å². The van der Waals surface area contributed by atoms with Crippen molar-refractivity contribution in [1.82, 2.24) is 5.32 Å². The quantitative estimate of drug-likeness (QED) is 0.357. The van der Waals surface area contributed by atoms with Gasteiger partial charge < -0.3 is 15.4 Å². The second kappa shape index (κ2) is 11.3. The molecule has 2 aromatic carbocycles. The third-order valence-electron chi connectivity index (χ3n) is 5.80. The average molecular weight is 516 g/mol. The Morgan fingerprint density at radius 1 is 1.11 bits per heavy atom. The number of benzene rings is 2. The number of rotatable bonds is 8. The van der Waals surface area contributed by atoms with E-state index in [1.165, 1.54) is 23.1 Å². The number of carbonyl (C=O) groups is 2. The van der Waals surface area contributed by atoms with Crippen LogP contribution in [0.4, 0.5) is 5.69 Å². The third kappa shape index (κ3) is 5.38. The van der Waals surface area contributed by atoms with Crippen LogP contribution in [-0.4, -0.2) is 24.6 Å². The summed E-state index contributed by atoms with van der Waals surface area (Å²) in [5.41, 5.74) is 3.75. The minimum absolute atomic E-state index is 0.0272. The molecule has 0 fully saturated rings. The van der Waals surface area contributed by atoms with Crippen LogP contribution in [0, 0.1) is 18.3 Å². The molecule has 3 aromatic rings. The number of hydrogen-bond donors (Lipinski definition) is 2. The molecule has 1 aliphatic heterocycles. The van der Waals surface area contributed by atoms with Gasteiger partial charge in [0.15, 0.2) is 5.78 Å². The van der Waals surface area contributed by atoms with Crippen molar-refractivity contribution in [3.05, 3.63) is 104 Å². The van der Waals surface area contributed by atoms with Gasteiger partial charge in [0, 0.05) is 21.7 Å². The van der Waals surface area contributed by atoms with Crippen molar-refractivity contribution in [2.75, 3.05) is 18.2 Å². The summed E-state index contributed by atoms with van der Waals surface area (Å²) in [5, 5.41) is 18.9. The number of carbonyl (C=O) groups excluding carboxylic acids is 2. The number of ketones is 1. The van der Waals surface area contributed by atoms with E-state index in [4.69, 9.17) is 4.74 Å². The topological polar surface area (TPSA) is 91.2 Å². The molecule has 0 radical (unpaired) electrons. The highest BCUT2D eigenvalue weighted by atomic mass is 32.2. The summed E-state index contributed by atoms with van der Waals surface area (Å²) >= 11 is 2.76. The predicted molar refractivity (Wildman–Crippen MR) is 145 cm³/mol. The van der Waals surface area contributed by atoms with Gasteiger partial charge in [0.1, 0.15) is 5.75 Å². The van der Waals surface area contributed by atoms with E-state index in [0.29, 0.717) is 38.9 Å². The van der Waals surface area contributed by atoms with Crippen molar-refractivity contribution in [3.63, 3.8) is 0 Å². The summed E-state index contributed by atoms with van der Waals surface area (Å²) in [6.45, 7) is 3.79. The highest BCUT2D eigenvalue weighted by Gasteiger charge is 2.35. The Hall–Kier alpha value is -3.80. The maximum atomic E-state index is 13.5. The molecule has 0 spiro atoms. The fourth-order valence-electron chi connectivity index (χ4n) is 3.97. The van der Waals surface area contributed by atoms with E-state index < -0.39 is 5.92 Å². The lowest BCUT2D eigenvalue weighted by atomic mass is 9.86. The number of thioether (sulfide) groups is 1. The number of nitriles is 1. The summed E-state index contributed by atoms with van der Waals surface area (Å²) < 4.78 is 5.37. The molecular formula is C28H25N3O3S2. The van der Waals surface area contributed by atoms with E-state index in [9.17, 15) is 14.9 Å². The number of thiophene rings is 1. The van der Waals surface area contributed by atoms with Gasteiger partial charge >= 0.3 is 0 Å². The minimum Gasteiger partial charge on any atom is -0.495 e. The normalized spacial score (nSPS) is 15.2. The zero-order chi connectivity index (χ0) is 25.7. The fraction of sp³-hybridized carbons (Fsp3) is 0.179. The standard InChI is InChI=1S/C28H25N3O3S2/c1-17-10-12-19(13-11-17)22(32)16-36-28-20(15-29)26(24-9-6-14-35-24)25(18(2)30-28)27(33)31-21-7-4-5-8-23(21)34-3/h4-14,26,30H,16H2,1-3H3,(H,31,33)/t26-/m1/s1. The summed E-state index contributed by atoms with van der Waals surface area (Å²) in [7, 11) is 1.55. The molecule has 1 atom stereocenters. The number of hydrogen-bond acceptors (Lipinski definition) is 7. The maximum absolute atomic E-state index is 13.5. The zero-order valence-electron chi connectivity index (χ0n) is 20.1. The van der Waals surface area contributed by atoms with Crippen LogP contribution in [0.1, 0.15) is 33.6 Å². The van der Waals surface area contributed by atoms with Crippen molar-refractivity contribution >= 4 is 40.5 Å². The lowest BCUT2D eigenvalue weighted by molar-refractivity contribution is -0.113. The van der Waals surface area contributed by atoms with E-state index in [1.54, 1.807) is 19.2 Å². The maximum Gasteiger partial charge on any atom is 0.254 e. The van der Waals surface area contributed by atoms with Gasteiger partial charge in [-0.15, -0.1) is 11.3 Å². The number of aryl methyl sites for hydroxylation is 1. The second-order valence-electron chi connectivity index (χ2n) is 8.20. The van der Waals surface area contributed by atoms with Gasteiger partial charge in [-0.05, 0) is 37.4 Å². The minimum atomic E-state index is -0.553. The largest absolute Gasteiger partial charge is 0.495 e. The van der Waals surface area contributed by atoms with Crippen LogP contribution in [0.2, 0.25) is 0 Å². The molecule has 1 aromatic heterocycles. The number of allylic oxidation sites excluding steroid dienone is 2. The molecule has 182 valence electrons. The van der Waals surface area contributed by atoms with Gasteiger partial charge in [-0.25, -0.2) is 0 Å². The number of Topliss-reactive ketones (excluding diaryl/α,β-unsaturated/α-hetero) is 1. The third-order valence-corrected chi connectivity index (χ3v) is 7.75. The monoisotopic (exact) mass is 515 g/mol. The first-order valence-electron chi connectivity index (χ1n) is 11.3. The second-order valence-corrected chi connectivity index (χ2v) is 10.2. The van der Waals surface area contributed by atoms with E-state index >= 15 is 0 Å². The Bertz CT molecular complexity index is 1380. The Balaban J connectivity index is 1.64. The van der Waals surface area contributed by atoms with Gasteiger partial charge in [-0.3, -0.25) is 9.59 Å². The summed E-state index contributed by atoms with van der Waals surface area (Å²) in [5.74, 6) is -0.189. The number of nitrogens with one attached hydrogen (secondary N) is 2. The SMILES string of the molecule is COc1ccccc1NC(=O)C1=C(C)NC(SCC(=O)c2ccc(C)cc2)=C(C#N)[C@@H]1c1cccs1. The number of anilines is 1. The van der Waals surface area contributed by atoms with Crippen molar-refractivity contribution in [2.45, 2.75) is 19.8 Å². The first-order chi connectivity index (χ1) is 17.4. The molecule has 6 nitrogen and oxygen atoms in total. The highest BCUT2D eigenvalue weighted by molar-refractivity contribution is 8.03. The molecule has 0 aliphatic carbocycles. The molecule has 36 heavy (non-hydrogen) atoms. The molecule has 2 N–H and O–H groups in total.